The summed E-state index contributed by atoms with van der Waals surface area (Å²) in [6.45, 7) is 9.29. The van der Waals surface area contributed by atoms with Crippen LogP contribution in [0.4, 0.5) is 0 Å². The van der Waals surface area contributed by atoms with Crippen LogP contribution in [0, 0.1) is 0 Å². The molecule has 23 heavy (non-hydrogen) atoms. The predicted octanol–water partition coefficient (Wildman–Crippen LogP) is 3.45. The average Bonchev–Trinajstić information content (AvgIpc) is 2.42. The molecule has 3 rings (SSSR count). The number of hydrogen-bond donors (Lipinski definition) is 2. The fourth-order valence-corrected chi connectivity index (χ4v) is 4.88. The maximum Gasteiger partial charge on any atom is 0.122 e. The van der Waals surface area contributed by atoms with Gasteiger partial charge in [-0.15, -0.1) is 0 Å². The summed E-state index contributed by atoms with van der Waals surface area (Å²) in [4.78, 5) is 0. The van der Waals surface area contributed by atoms with E-state index in [1.54, 1.807) is 7.11 Å². The Hall–Kier alpha value is -1.06. The Labute approximate surface area is 141 Å². The maximum atomic E-state index is 5.52. The van der Waals surface area contributed by atoms with Crippen molar-refractivity contribution < 1.29 is 4.74 Å². The minimum absolute atomic E-state index is 0.204. The van der Waals surface area contributed by atoms with Crippen molar-refractivity contribution in [3.8, 4) is 5.75 Å². The second-order valence-corrected chi connectivity index (χ2v) is 8.70. The lowest BCUT2D eigenvalue weighted by Crippen LogP contribution is -2.62. The molecule has 0 radical (unpaired) electrons. The largest absolute Gasteiger partial charge is 0.496 e. The summed E-state index contributed by atoms with van der Waals surface area (Å²) in [7, 11) is 1.78. The van der Waals surface area contributed by atoms with E-state index in [0.717, 1.165) is 18.6 Å². The molecule has 3 heteroatoms. The number of rotatable bonds is 3. The van der Waals surface area contributed by atoms with E-state index in [1.165, 1.54) is 30.4 Å². The summed E-state index contributed by atoms with van der Waals surface area (Å²) >= 11 is 0. The Morgan fingerprint density at radius 3 is 2.43 bits per heavy atom. The molecule has 1 saturated heterocycles. The minimum Gasteiger partial charge on any atom is -0.496 e. The third kappa shape index (κ3) is 3.89. The number of methoxy groups -OCH3 is 1. The summed E-state index contributed by atoms with van der Waals surface area (Å²) in [6, 6.07) is 7.66. The monoisotopic (exact) mass is 316 g/mol. The molecule has 0 amide bonds. The van der Waals surface area contributed by atoms with Gasteiger partial charge in [-0.2, -0.15) is 0 Å². The Morgan fingerprint density at radius 1 is 1.09 bits per heavy atom. The van der Waals surface area contributed by atoms with E-state index in [2.05, 4.69) is 56.5 Å². The Bertz CT molecular complexity index is 549. The molecule has 1 aromatic rings. The van der Waals surface area contributed by atoms with Crippen molar-refractivity contribution in [3.05, 3.63) is 29.3 Å². The first-order valence-corrected chi connectivity index (χ1v) is 8.98. The van der Waals surface area contributed by atoms with E-state index < -0.39 is 0 Å². The maximum absolute atomic E-state index is 5.52. The molecule has 2 N–H and O–H groups in total. The number of ether oxygens (including phenoxy) is 1. The molecule has 3 nitrogen and oxygen atoms in total. The molecule has 1 atom stereocenters. The average molecular weight is 316 g/mol. The summed E-state index contributed by atoms with van der Waals surface area (Å²) < 4.78 is 5.52. The fraction of sp³-hybridized carbons (Fsp3) is 0.700. The van der Waals surface area contributed by atoms with Gasteiger partial charge in [-0.3, -0.25) is 0 Å². The molecule has 1 fully saturated rings. The highest BCUT2D eigenvalue weighted by Gasteiger charge is 2.38. The van der Waals surface area contributed by atoms with E-state index in [0.29, 0.717) is 12.1 Å². The molecule has 2 aliphatic rings. The van der Waals surface area contributed by atoms with Crippen molar-refractivity contribution in [2.45, 2.75) is 83.0 Å². The lowest BCUT2D eigenvalue weighted by atomic mass is 9.78. The standard InChI is InChI=1S/C20H32N2O/c1-19(2)12-16(13-20(3,4)22-19)21-15-9-10-17-14(11-15)7-6-8-18(17)23-5/h6-8,15-16,21-22H,9-13H2,1-5H3. The Kier molecular flexibility index (Phi) is 4.45. The third-order valence-electron chi connectivity index (χ3n) is 5.32. The normalized spacial score (nSPS) is 26.6. The fourth-order valence-electron chi connectivity index (χ4n) is 4.88. The van der Waals surface area contributed by atoms with Crippen LogP contribution in [0.15, 0.2) is 18.2 Å². The molecule has 128 valence electrons. The highest BCUT2D eigenvalue weighted by molar-refractivity contribution is 5.42. The van der Waals surface area contributed by atoms with Gasteiger partial charge in [-0.25, -0.2) is 0 Å². The van der Waals surface area contributed by atoms with Gasteiger partial charge in [0.25, 0.3) is 0 Å². The van der Waals surface area contributed by atoms with Crippen molar-refractivity contribution in [3.63, 3.8) is 0 Å². The zero-order valence-corrected chi connectivity index (χ0v) is 15.3. The van der Waals surface area contributed by atoms with Gasteiger partial charge in [0.2, 0.25) is 0 Å². The second-order valence-electron chi connectivity index (χ2n) is 8.70. The van der Waals surface area contributed by atoms with Gasteiger partial charge in [-0.1, -0.05) is 12.1 Å². The van der Waals surface area contributed by atoms with Crippen LogP contribution in [0.25, 0.3) is 0 Å². The number of hydrogen-bond acceptors (Lipinski definition) is 3. The van der Waals surface area contributed by atoms with Crippen LogP contribution in [0.1, 0.15) is 58.1 Å². The van der Waals surface area contributed by atoms with Crippen molar-refractivity contribution in [2.75, 3.05) is 7.11 Å². The van der Waals surface area contributed by atoms with Crippen LogP contribution < -0.4 is 15.4 Å². The first-order chi connectivity index (χ1) is 10.8. The molecule has 1 heterocycles. The topological polar surface area (TPSA) is 33.3 Å². The van der Waals surface area contributed by atoms with Crippen LogP contribution in [-0.2, 0) is 12.8 Å². The number of piperidine rings is 1. The molecule has 0 bridgehead atoms. The molecule has 0 saturated carbocycles. The molecular weight excluding hydrogens is 284 g/mol. The van der Waals surface area contributed by atoms with Gasteiger partial charge in [0.05, 0.1) is 7.11 Å². The molecule has 0 spiro atoms. The molecule has 1 aromatic carbocycles. The highest BCUT2D eigenvalue weighted by atomic mass is 16.5. The summed E-state index contributed by atoms with van der Waals surface area (Å²) in [5.41, 5.74) is 3.28. The number of fused-ring (bicyclic) bond motifs is 1. The zero-order valence-electron chi connectivity index (χ0n) is 15.3. The molecular formula is C20H32N2O. The summed E-state index contributed by atoms with van der Waals surface area (Å²) in [5.74, 6) is 1.06. The van der Waals surface area contributed by atoms with Gasteiger partial charge in [0.15, 0.2) is 0 Å². The van der Waals surface area contributed by atoms with Gasteiger partial charge >= 0.3 is 0 Å². The third-order valence-corrected chi connectivity index (χ3v) is 5.32. The van der Waals surface area contributed by atoms with Crippen LogP contribution >= 0.6 is 0 Å². The van der Waals surface area contributed by atoms with E-state index >= 15 is 0 Å². The Morgan fingerprint density at radius 2 is 1.78 bits per heavy atom. The zero-order chi connectivity index (χ0) is 16.7. The lowest BCUT2D eigenvalue weighted by molar-refractivity contribution is 0.138. The van der Waals surface area contributed by atoms with Gasteiger partial charge < -0.3 is 15.4 Å². The van der Waals surface area contributed by atoms with Crippen molar-refractivity contribution >= 4 is 0 Å². The van der Waals surface area contributed by atoms with Crippen LogP contribution in [-0.4, -0.2) is 30.3 Å². The van der Waals surface area contributed by atoms with Crippen LogP contribution in [0.5, 0.6) is 5.75 Å². The van der Waals surface area contributed by atoms with Gasteiger partial charge in [0, 0.05) is 23.2 Å². The first-order valence-electron chi connectivity index (χ1n) is 8.98. The van der Waals surface area contributed by atoms with E-state index in [1.807, 2.05) is 0 Å². The van der Waals surface area contributed by atoms with Crippen molar-refractivity contribution in [1.82, 2.24) is 10.6 Å². The molecule has 1 aliphatic carbocycles. The quantitative estimate of drug-likeness (QED) is 0.896. The SMILES string of the molecule is COc1cccc2c1CCC(NC1CC(C)(C)NC(C)(C)C1)C2. The molecule has 1 aliphatic heterocycles. The predicted molar refractivity (Wildman–Crippen MR) is 96.3 cm³/mol. The van der Waals surface area contributed by atoms with Crippen LogP contribution in [0.3, 0.4) is 0 Å². The number of benzene rings is 1. The van der Waals surface area contributed by atoms with E-state index in [9.17, 15) is 0 Å². The summed E-state index contributed by atoms with van der Waals surface area (Å²) in [5, 5.41) is 7.74. The summed E-state index contributed by atoms with van der Waals surface area (Å²) in [6.07, 6.45) is 5.83. The Balaban J connectivity index is 1.68. The van der Waals surface area contributed by atoms with E-state index in [-0.39, 0.29) is 11.1 Å². The van der Waals surface area contributed by atoms with E-state index in [4.69, 9.17) is 4.74 Å². The smallest absolute Gasteiger partial charge is 0.122 e. The van der Waals surface area contributed by atoms with Gasteiger partial charge in [0.1, 0.15) is 5.75 Å². The second kappa shape index (κ2) is 6.10. The van der Waals surface area contributed by atoms with Gasteiger partial charge in [-0.05, 0) is 77.0 Å². The van der Waals surface area contributed by atoms with Crippen molar-refractivity contribution in [2.24, 2.45) is 0 Å². The molecule has 0 aromatic heterocycles. The molecule has 1 unspecified atom stereocenters. The lowest BCUT2D eigenvalue weighted by Gasteiger charge is -2.48. The van der Waals surface area contributed by atoms with Crippen molar-refractivity contribution in [1.29, 1.82) is 0 Å². The minimum atomic E-state index is 0.204. The van der Waals surface area contributed by atoms with Crippen LogP contribution in [0.2, 0.25) is 0 Å². The number of nitrogens with one attached hydrogen (secondary N) is 2. The highest BCUT2D eigenvalue weighted by Crippen LogP contribution is 2.32. The first kappa shape index (κ1) is 16.8.